The third-order valence-electron chi connectivity index (χ3n) is 2.67. The van der Waals surface area contributed by atoms with E-state index in [1.165, 1.54) is 0 Å². The number of nitrogen functional groups attached to an aromatic ring is 1. The molecule has 2 rings (SSSR count). The van der Waals surface area contributed by atoms with Crippen LogP contribution in [0.5, 0.6) is 5.75 Å². The van der Waals surface area contributed by atoms with E-state index in [1.54, 1.807) is 0 Å². The van der Waals surface area contributed by atoms with E-state index in [0.29, 0.717) is 18.1 Å². The van der Waals surface area contributed by atoms with Gasteiger partial charge < -0.3 is 15.8 Å². The van der Waals surface area contributed by atoms with Gasteiger partial charge in [-0.15, -0.1) is 0 Å². The first-order chi connectivity index (χ1) is 9.20. The smallest absolute Gasteiger partial charge is 0.153 e. The average molecular weight is 257 g/mol. The molecule has 100 valence electrons. The van der Waals surface area contributed by atoms with E-state index in [1.807, 2.05) is 43.3 Å². The number of anilines is 3. The molecule has 3 N–H and O–H groups in total. The highest BCUT2D eigenvalue weighted by Gasteiger charge is 2.06. The molecule has 0 aliphatic rings. The minimum atomic E-state index is 0.621. The number of pyridine rings is 1. The Bertz CT molecular complexity index is 555. The minimum absolute atomic E-state index is 0.621. The van der Waals surface area contributed by atoms with Crippen molar-refractivity contribution in [3.8, 4) is 5.75 Å². The van der Waals surface area contributed by atoms with Gasteiger partial charge in [0.2, 0.25) is 0 Å². The van der Waals surface area contributed by atoms with E-state index in [0.717, 1.165) is 23.6 Å². The van der Waals surface area contributed by atoms with Crippen LogP contribution >= 0.6 is 0 Å². The Morgan fingerprint density at radius 1 is 1.21 bits per heavy atom. The van der Waals surface area contributed by atoms with Crippen LogP contribution in [0.3, 0.4) is 0 Å². The highest BCUT2D eigenvalue weighted by atomic mass is 16.5. The summed E-state index contributed by atoms with van der Waals surface area (Å²) in [6.45, 7) is 4.70. The van der Waals surface area contributed by atoms with Crippen LogP contribution < -0.4 is 15.8 Å². The van der Waals surface area contributed by atoms with Gasteiger partial charge in [0.25, 0.3) is 0 Å². The highest BCUT2D eigenvalue weighted by molar-refractivity contribution is 5.72. The van der Waals surface area contributed by atoms with Gasteiger partial charge in [0, 0.05) is 5.69 Å². The molecule has 0 bridgehead atoms. The predicted molar refractivity (Wildman–Crippen MR) is 78.9 cm³/mol. The van der Waals surface area contributed by atoms with Crippen LogP contribution in [0.4, 0.5) is 17.2 Å². The summed E-state index contributed by atoms with van der Waals surface area (Å²) in [5.74, 6) is 1.47. The lowest BCUT2D eigenvalue weighted by Crippen LogP contribution is -2.03. The second-order valence-corrected chi connectivity index (χ2v) is 4.36. The molecule has 0 saturated heterocycles. The zero-order valence-electron chi connectivity index (χ0n) is 11.3. The lowest BCUT2D eigenvalue weighted by atomic mass is 10.2. The third kappa shape index (κ3) is 3.37. The van der Waals surface area contributed by atoms with Crippen molar-refractivity contribution in [1.29, 1.82) is 0 Å². The number of nitrogens with two attached hydrogens (primary N) is 1. The summed E-state index contributed by atoms with van der Waals surface area (Å²) in [6.07, 6.45) is 0.971. The number of benzene rings is 1. The monoisotopic (exact) mass is 257 g/mol. The van der Waals surface area contributed by atoms with E-state index in [4.69, 9.17) is 10.5 Å². The topological polar surface area (TPSA) is 60.2 Å². The maximum Gasteiger partial charge on any atom is 0.153 e. The van der Waals surface area contributed by atoms with Crippen LogP contribution in [0.25, 0.3) is 0 Å². The summed E-state index contributed by atoms with van der Waals surface area (Å²) in [7, 11) is 0. The Balaban J connectivity index is 2.25. The van der Waals surface area contributed by atoms with Gasteiger partial charge in [0.05, 0.1) is 18.0 Å². The van der Waals surface area contributed by atoms with Crippen LogP contribution in [0.2, 0.25) is 0 Å². The second-order valence-electron chi connectivity index (χ2n) is 4.36. The van der Waals surface area contributed by atoms with E-state index in [-0.39, 0.29) is 0 Å². The number of hydrogen-bond donors (Lipinski definition) is 2. The van der Waals surface area contributed by atoms with E-state index >= 15 is 0 Å². The first-order valence-electron chi connectivity index (χ1n) is 6.42. The molecule has 4 nitrogen and oxygen atoms in total. The Morgan fingerprint density at radius 2 is 2.00 bits per heavy atom. The fourth-order valence-corrected chi connectivity index (χ4v) is 1.70. The van der Waals surface area contributed by atoms with Crippen molar-refractivity contribution < 1.29 is 4.74 Å². The van der Waals surface area contributed by atoms with Gasteiger partial charge in [0.1, 0.15) is 5.75 Å². The molecule has 0 radical (unpaired) electrons. The summed E-state index contributed by atoms with van der Waals surface area (Å²) in [6, 6.07) is 11.5. The van der Waals surface area contributed by atoms with E-state index < -0.39 is 0 Å². The van der Waals surface area contributed by atoms with Crippen molar-refractivity contribution in [2.45, 2.75) is 20.3 Å². The summed E-state index contributed by atoms with van der Waals surface area (Å²) >= 11 is 0. The number of ether oxygens (including phenoxy) is 1. The maximum atomic E-state index is 5.92. The average Bonchev–Trinajstić information content (AvgIpc) is 2.42. The van der Waals surface area contributed by atoms with E-state index in [2.05, 4.69) is 17.2 Å². The van der Waals surface area contributed by atoms with Crippen molar-refractivity contribution in [3.63, 3.8) is 0 Å². The normalized spacial score (nSPS) is 10.2. The van der Waals surface area contributed by atoms with Gasteiger partial charge in [-0.1, -0.05) is 19.1 Å². The van der Waals surface area contributed by atoms with Gasteiger partial charge >= 0.3 is 0 Å². The van der Waals surface area contributed by atoms with Gasteiger partial charge in [-0.2, -0.15) is 0 Å². The number of nitrogens with one attached hydrogen (secondary N) is 1. The number of nitrogens with zero attached hydrogens (tertiary/aromatic N) is 1. The molecule has 19 heavy (non-hydrogen) atoms. The Labute approximate surface area is 113 Å². The molecule has 1 aromatic carbocycles. The molecule has 0 unspecified atom stereocenters. The van der Waals surface area contributed by atoms with Crippen LogP contribution in [-0.2, 0) is 0 Å². The lowest BCUT2D eigenvalue weighted by Gasteiger charge is -2.13. The number of rotatable bonds is 5. The SMILES string of the molecule is CCCOc1ccccc1Nc1nc(C)ccc1N. The summed E-state index contributed by atoms with van der Waals surface area (Å²) in [5.41, 5.74) is 8.34. The van der Waals surface area contributed by atoms with Crippen LogP contribution in [0.15, 0.2) is 36.4 Å². The lowest BCUT2D eigenvalue weighted by molar-refractivity contribution is 0.319. The van der Waals surface area contributed by atoms with Crippen molar-refractivity contribution >= 4 is 17.2 Å². The molecule has 0 aliphatic carbocycles. The predicted octanol–water partition coefficient (Wildman–Crippen LogP) is 3.50. The van der Waals surface area contributed by atoms with Crippen molar-refractivity contribution in [3.05, 3.63) is 42.1 Å². The molecular weight excluding hydrogens is 238 g/mol. The fraction of sp³-hybridized carbons (Fsp3) is 0.267. The quantitative estimate of drug-likeness (QED) is 0.860. The Kier molecular flexibility index (Phi) is 4.23. The van der Waals surface area contributed by atoms with Gasteiger partial charge in [-0.25, -0.2) is 4.98 Å². The molecule has 0 fully saturated rings. The molecule has 4 heteroatoms. The number of para-hydroxylation sites is 2. The van der Waals surface area contributed by atoms with Gasteiger partial charge in [-0.3, -0.25) is 0 Å². The largest absolute Gasteiger partial charge is 0.491 e. The molecule has 0 aliphatic heterocycles. The molecule has 0 atom stereocenters. The standard InChI is InChI=1S/C15H19N3O/c1-3-10-19-14-7-5-4-6-13(14)18-15-12(16)9-8-11(2)17-15/h4-9H,3,10,16H2,1-2H3,(H,17,18). The first kappa shape index (κ1) is 13.2. The van der Waals surface area contributed by atoms with Crippen molar-refractivity contribution in [2.24, 2.45) is 0 Å². The zero-order chi connectivity index (χ0) is 13.7. The molecule has 2 aromatic rings. The second kappa shape index (κ2) is 6.09. The van der Waals surface area contributed by atoms with Crippen LogP contribution in [-0.4, -0.2) is 11.6 Å². The Hall–Kier alpha value is -2.23. The Morgan fingerprint density at radius 3 is 2.79 bits per heavy atom. The number of aryl methyl sites for hydroxylation is 1. The van der Waals surface area contributed by atoms with Crippen LogP contribution in [0, 0.1) is 6.92 Å². The van der Waals surface area contributed by atoms with Crippen molar-refractivity contribution in [2.75, 3.05) is 17.7 Å². The summed E-state index contributed by atoms with van der Waals surface area (Å²) < 4.78 is 5.70. The molecule has 0 saturated carbocycles. The summed E-state index contributed by atoms with van der Waals surface area (Å²) in [4.78, 5) is 4.40. The summed E-state index contributed by atoms with van der Waals surface area (Å²) in [5, 5.41) is 3.23. The van der Waals surface area contributed by atoms with Gasteiger partial charge in [-0.05, 0) is 37.6 Å². The highest BCUT2D eigenvalue weighted by Crippen LogP contribution is 2.29. The number of hydrogen-bond acceptors (Lipinski definition) is 4. The number of aromatic nitrogens is 1. The molecule has 1 aromatic heterocycles. The maximum absolute atomic E-state index is 5.92. The molecule has 0 amide bonds. The zero-order valence-corrected chi connectivity index (χ0v) is 11.3. The molecule has 0 spiro atoms. The molecule has 1 heterocycles. The van der Waals surface area contributed by atoms with Crippen molar-refractivity contribution in [1.82, 2.24) is 4.98 Å². The first-order valence-corrected chi connectivity index (χ1v) is 6.42. The fourth-order valence-electron chi connectivity index (χ4n) is 1.70. The van der Waals surface area contributed by atoms with Gasteiger partial charge in [0.15, 0.2) is 5.82 Å². The van der Waals surface area contributed by atoms with Crippen LogP contribution in [0.1, 0.15) is 19.0 Å². The minimum Gasteiger partial charge on any atom is -0.491 e. The molecular formula is C15H19N3O. The van der Waals surface area contributed by atoms with E-state index in [9.17, 15) is 0 Å². The third-order valence-corrected chi connectivity index (χ3v) is 2.67.